The number of hydrogen-bond donors (Lipinski definition) is 1. The van der Waals surface area contributed by atoms with Crippen molar-refractivity contribution in [2.24, 2.45) is 0 Å². The second-order valence-corrected chi connectivity index (χ2v) is 7.20. The molecule has 1 heterocycles. The lowest BCUT2D eigenvalue weighted by Crippen LogP contribution is -2.40. The van der Waals surface area contributed by atoms with Crippen LogP contribution in [0.2, 0.25) is 0 Å². The normalized spacial score (nSPS) is 20.6. The Morgan fingerprint density at radius 3 is 2.68 bits per heavy atom. The molecule has 2 unspecified atom stereocenters. The van der Waals surface area contributed by atoms with Crippen LogP contribution in [-0.4, -0.2) is 42.3 Å². The van der Waals surface area contributed by atoms with Gasteiger partial charge in [0, 0.05) is 25.7 Å². The number of hydrogen-bond acceptors (Lipinski definition) is 3. The van der Waals surface area contributed by atoms with Crippen LogP contribution in [0.25, 0.3) is 0 Å². The van der Waals surface area contributed by atoms with Crippen molar-refractivity contribution in [2.45, 2.75) is 51.7 Å². The minimum Gasteiger partial charge on any atom is -0.444 e. The van der Waals surface area contributed by atoms with Crippen LogP contribution in [0, 0.1) is 0 Å². The minimum absolute atomic E-state index is 0.192. The van der Waals surface area contributed by atoms with Gasteiger partial charge in [-0.1, -0.05) is 37.3 Å². The average molecular weight is 304 g/mol. The first-order valence-electron chi connectivity index (χ1n) is 8.10. The first-order chi connectivity index (χ1) is 10.3. The second-order valence-electron chi connectivity index (χ2n) is 7.20. The Kier molecular flexibility index (Phi) is 5.46. The van der Waals surface area contributed by atoms with Gasteiger partial charge in [-0.3, -0.25) is 0 Å². The van der Waals surface area contributed by atoms with Crippen LogP contribution >= 0.6 is 0 Å². The maximum absolute atomic E-state index is 11.8. The molecule has 1 aromatic rings. The molecule has 122 valence electrons. The zero-order valence-electron chi connectivity index (χ0n) is 14.1. The standard InChI is InChI=1S/C18H28N2O2/c1-14(15-8-6-5-7-9-15)12-20-11-10-16(13-20)19-17(21)22-18(2,3)4/h5-9,14,16H,10-13H2,1-4H3,(H,19,21). The van der Waals surface area contributed by atoms with Gasteiger partial charge >= 0.3 is 6.09 Å². The molecule has 1 fully saturated rings. The van der Waals surface area contributed by atoms with Crippen molar-refractivity contribution in [3.8, 4) is 0 Å². The summed E-state index contributed by atoms with van der Waals surface area (Å²) in [5.41, 5.74) is 0.926. The van der Waals surface area contributed by atoms with Gasteiger partial charge < -0.3 is 15.0 Å². The van der Waals surface area contributed by atoms with Crippen LogP contribution in [0.15, 0.2) is 30.3 Å². The van der Waals surface area contributed by atoms with E-state index in [0.29, 0.717) is 5.92 Å². The van der Waals surface area contributed by atoms with Crippen molar-refractivity contribution >= 4 is 6.09 Å². The van der Waals surface area contributed by atoms with E-state index < -0.39 is 5.60 Å². The highest BCUT2D eigenvalue weighted by Gasteiger charge is 2.26. The Labute approximate surface area is 133 Å². The predicted molar refractivity (Wildman–Crippen MR) is 89.1 cm³/mol. The number of benzene rings is 1. The summed E-state index contributed by atoms with van der Waals surface area (Å²) in [6.07, 6.45) is 0.677. The highest BCUT2D eigenvalue weighted by molar-refractivity contribution is 5.68. The molecule has 0 radical (unpaired) electrons. The number of likely N-dealkylation sites (tertiary alicyclic amines) is 1. The Morgan fingerprint density at radius 1 is 1.36 bits per heavy atom. The van der Waals surface area contributed by atoms with E-state index in [1.165, 1.54) is 5.56 Å². The molecule has 0 aromatic heterocycles. The molecule has 4 nitrogen and oxygen atoms in total. The third-order valence-corrected chi connectivity index (χ3v) is 3.89. The molecule has 1 aromatic carbocycles. The van der Waals surface area contributed by atoms with Crippen molar-refractivity contribution in [3.05, 3.63) is 35.9 Å². The first kappa shape index (κ1) is 16.8. The van der Waals surface area contributed by atoms with Gasteiger partial charge in [0.2, 0.25) is 0 Å². The van der Waals surface area contributed by atoms with Crippen molar-refractivity contribution < 1.29 is 9.53 Å². The summed E-state index contributed by atoms with van der Waals surface area (Å²) >= 11 is 0. The van der Waals surface area contributed by atoms with Crippen LogP contribution in [0.1, 0.15) is 45.6 Å². The molecule has 4 heteroatoms. The van der Waals surface area contributed by atoms with E-state index in [2.05, 4.69) is 41.4 Å². The Bertz CT molecular complexity index is 482. The van der Waals surface area contributed by atoms with E-state index in [1.807, 2.05) is 26.8 Å². The van der Waals surface area contributed by atoms with Gasteiger partial charge in [0.25, 0.3) is 0 Å². The SMILES string of the molecule is CC(CN1CCC(NC(=O)OC(C)(C)C)C1)c1ccccc1. The smallest absolute Gasteiger partial charge is 0.407 e. The van der Waals surface area contributed by atoms with E-state index in [1.54, 1.807) is 0 Å². The fraction of sp³-hybridized carbons (Fsp3) is 0.611. The first-order valence-corrected chi connectivity index (χ1v) is 8.10. The number of nitrogens with one attached hydrogen (secondary N) is 1. The number of alkyl carbamates (subject to hydrolysis) is 1. The molecular formula is C18H28N2O2. The maximum atomic E-state index is 11.8. The van der Waals surface area contributed by atoms with Gasteiger partial charge in [-0.05, 0) is 38.7 Å². The Hall–Kier alpha value is -1.55. The predicted octanol–water partition coefficient (Wildman–Crippen LogP) is 3.39. The molecule has 22 heavy (non-hydrogen) atoms. The molecule has 0 saturated carbocycles. The second kappa shape index (κ2) is 7.14. The highest BCUT2D eigenvalue weighted by Crippen LogP contribution is 2.19. The molecule has 0 bridgehead atoms. The van der Waals surface area contributed by atoms with Crippen LogP contribution in [0.4, 0.5) is 4.79 Å². The summed E-state index contributed by atoms with van der Waals surface area (Å²) in [6.45, 7) is 10.9. The van der Waals surface area contributed by atoms with Crippen LogP contribution in [-0.2, 0) is 4.74 Å². The molecule has 1 saturated heterocycles. The Morgan fingerprint density at radius 2 is 2.05 bits per heavy atom. The summed E-state index contributed by atoms with van der Waals surface area (Å²) in [5, 5.41) is 2.98. The maximum Gasteiger partial charge on any atom is 0.407 e. The lowest BCUT2D eigenvalue weighted by Gasteiger charge is -2.23. The lowest BCUT2D eigenvalue weighted by atomic mass is 10.0. The number of ether oxygens (including phenoxy) is 1. The third kappa shape index (κ3) is 5.34. The Balaban J connectivity index is 1.77. The summed E-state index contributed by atoms with van der Waals surface area (Å²) in [7, 11) is 0. The molecular weight excluding hydrogens is 276 g/mol. The van der Waals surface area contributed by atoms with E-state index in [-0.39, 0.29) is 12.1 Å². The molecule has 1 amide bonds. The van der Waals surface area contributed by atoms with Gasteiger partial charge in [-0.25, -0.2) is 4.79 Å². The van der Waals surface area contributed by atoms with E-state index >= 15 is 0 Å². The van der Waals surface area contributed by atoms with Gasteiger partial charge in [0.05, 0.1) is 0 Å². The number of amides is 1. The van der Waals surface area contributed by atoms with Crippen molar-refractivity contribution in [1.29, 1.82) is 0 Å². The van der Waals surface area contributed by atoms with Gasteiger partial charge in [-0.2, -0.15) is 0 Å². The molecule has 2 rings (SSSR count). The molecule has 2 atom stereocenters. The van der Waals surface area contributed by atoms with E-state index in [4.69, 9.17) is 4.74 Å². The number of nitrogens with zero attached hydrogens (tertiary/aromatic N) is 1. The van der Waals surface area contributed by atoms with Gasteiger partial charge in [0.1, 0.15) is 5.60 Å². The largest absolute Gasteiger partial charge is 0.444 e. The summed E-state index contributed by atoms with van der Waals surface area (Å²) in [5.74, 6) is 0.501. The van der Waals surface area contributed by atoms with Crippen molar-refractivity contribution in [3.63, 3.8) is 0 Å². The fourth-order valence-corrected chi connectivity index (χ4v) is 2.86. The zero-order chi connectivity index (χ0) is 16.2. The lowest BCUT2D eigenvalue weighted by molar-refractivity contribution is 0.0506. The third-order valence-electron chi connectivity index (χ3n) is 3.89. The molecule has 1 aliphatic heterocycles. The van der Waals surface area contributed by atoms with Crippen molar-refractivity contribution in [2.75, 3.05) is 19.6 Å². The molecule has 1 N–H and O–H groups in total. The fourth-order valence-electron chi connectivity index (χ4n) is 2.86. The monoisotopic (exact) mass is 304 g/mol. The number of rotatable bonds is 4. The quantitative estimate of drug-likeness (QED) is 0.927. The van der Waals surface area contributed by atoms with Crippen LogP contribution in [0.5, 0.6) is 0 Å². The van der Waals surface area contributed by atoms with Crippen LogP contribution < -0.4 is 5.32 Å². The van der Waals surface area contributed by atoms with Crippen molar-refractivity contribution in [1.82, 2.24) is 10.2 Å². The highest BCUT2D eigenvalue weighted by atomic mass is 16.6. The van der Waals surface area contributed by atoms with Crippen LogP contribution in [0.3, 0.4) is 0 Å². The number of carbonyl (C=O) groups is 1. The van der Waals surface area contributed by atoms with E-state index in [9.17, 15) is 4.79 Å². The molecule has 1 aliphatic rings. The summed E-state index contributed by atoms with van der Waals surface area (Å²) in [6, 6.07) is 10.8. The van der Waals surface area contributed by atoms with E-state index in [0.717, 1.165) is 26.1 Å². The summed E-state index contributed by atoms with van der Waals surface area (Å²) < 4.78 is 5.32. The zero-order valence-corrected chi connectivity index (χ0v) is 14.1. The van der Waals surface area contributed by atoms with Gasteiger partial charge in [-0.15, -0.1) is 0 Å². The topological polar surface area (TPSA) is 41.6 Å². The summed E-state index contributed by atoms with van der Waals surface area (Å²) in [4.78, 5) is 14.2. The molecule has 0 aliphatic carbocycles. The van der Waals surface area contributed by atoms with Gasteiger partial charge in [0.15, 0.2) is 0 Å². The average Bonchev–Trinajstić information content (AvgIpc) is 2.84. The number of carbonyl (C=O) groups excluding carboxylic acids is 1. The minimum atomic E-state index is -0.440. The molecule has 0 spiro atoms.